The van der Waals surface area contributed by atoms with E-state index in [1.54, 1.807) is 5.57 Å². The summed E-state index contributed by atoms with van der Waals surface area (Å²) >= 11 is 0. The number of nitrogens with zero attached hydrogens (tertiary/aromatic N) is 2. The van der Waals surface area contributed by atoms with Crippen LogP contribution in [0.1, 0.15) is 42.7 Å². The van der Waals surface area contributed by atoms with E-state index in [9.17, 15) is 0 Å². The van der Waals surface area contributed by atoms with Crippen LogP contribution in [0.15, 0.2) is 217 Å². The van der Waals surface area contributed by atoms with E-state index in [2.05, 4.69) is 235 Å². The van der Waals surface area contributed by atoms with Crippen LogP contribution in [-0.2, 0) is 18.5 Å². The van der Waals surface area contributed by atoms with Crippen LogP contribution in [0, 0.1) is 11.8 Å². The van der Waals surface area contributed by atoms with Gasteiger partial charge in [0.15, 0.2) is 8.07 Å². The molecule has 3 unspecified atom stereocenters. The average molecular weight is 825 g/mol. The van der Waals surface area contributed by atoms with Gasteiger partial charge in [-0.3, -0.25) is 0 Å². The van der Waals surface area contributed by atoms with E-state index in [0.717, 1.165) is 19.4 Å². The molecule has 6 aromatic carbocycles. The van der Waals surface area contributed by atoms with Crippen molar-refractivity contribution in [1.29, 1.82) is 0 Å². The third-order valence-electron chi connectivity index (χ3n) is 15.4. The molecule has 0 spiro atoms. The monoisotopic (exact) mass is 824 g/mol. The quantitative estimate of drug-likeness (QED) is 0.0780. The molecule has 4 atom stereocenters. The van der Waals surface area contributed by atoms with Crippen molar-refractivity contribution < 1.29 is 0 Å². The van der Waals surface area contributed by atoms with Crippen LogP contribution in [0.4, 0.5) is 0 Å². The average Bonchev–Trinajstić information content (AvgIpc) is 3.94. The Bertz CT molecular complexity index is 3400. The fourth-order valence-electron chi connectivity index (χ4n) is 12.5. The minimum absolute atomic E-state index is 0.0819. The van der Waals surface area contributed by atoms with Gasteiger partial charge in [-0.05, 0) is 99.9 Å². The molecule has 13 rings (SSSR count). The first-order valence-corrected chi connectivity index (χ1v) is 24.8. The van der Waals surface area contributed by atoms with Crippen molar-refractivity contribution in [2.75, 3.05) is 0 Å². The Kier molecular flexibility index (Phi) is 7.90. The second-order valence-corrected chi connectivity index (χ2v) is 22.8. The van der Waals surface area contributed by atoms with Crippen LogP contribution in [0.2, 0.25) is 5.04 Å². The van der Waals surface area contributed by atoms with Gasteiger partial charge in [-0.2, -0.15) is 0 Å². The van der Waals surface area contributed by atoms with Crippen LogP contribution in [-0.4, -0.2) is 17.2 Å². The van der Waals surface area contributed by atoms with Crippen molar-refractivity contribution in [3.05, 3.63) is 239 Å². The summed E-state index contributed by atoms with van der Waals surface area (Å²) in [5, 5.41) is 8.44. The van der Waals surface area contributed by atoms with Crippen molar-refractivity contribution >= 4 is 68.4 Å². The van der Waals surface area contributed by atoms with E-state index in [1.165, 1.54) is 81.8 Å². The lowest BCUT2D eigenvalue weighted by Crippen LogP contribution is -2.63. The number of para-hydroxylation sites is 2. The second kappa shape index (κ2) is 13.5. The molecule has 8 aromatic rings. The van der Waals surface area contributed by atoms with Gasteiger partial charge in [0.2, 0.25) is 0 Å². The van der Waals surface area contributed by atoms with Gasteiger partial charge in [0.05, 0.1) is 5.54 Å². The molecule has 0 aliphatic heterocycles. The van der Waals surface area contributed by atoms with Gasteiger partial charge >= 0.3 is 0 Å². The highest BCUT2D eigenvalue weighted by Crippen LogP contribution is 2.84. The fraction of sp³-hybridized carbons (Fsp3) is 0.150. The third kappa shape index (κ3) is 5.18. The topological polar surface area (TPSA) is 9.86 Å². The lowest BCUT2D eigenvalue weighted by molar-refractivity contribution is 0.439. The summed E-state index contributed by atoms with van der Waals surface area (Å²) in [5.74, 6) is 0.861. The minimum Gasteiger partial charge on any atom is -0.343 e. The van der Waals surface area contributed by atoms with Gasteiger partial charge < -0.3 is 9.13 Å². The van der Waals surface area contributed by atoms with E-state index in [-0.39, 0.29) is 10.6 Å². The molecular weight excluding hydrogens is 777 g/mol. The molecule has 2 nitrogen and oxygen atoms in total. The molecule has 0 saturated heterocycles. The Morgan fingerprint density at radius 2 is 1.33 bits per heavy atom. The highest BCUT2D eigenvalue weighted by atomic mass is 28.3. The summed E-state index contributed by atoms with van der Waals surface area (Å²) in [7, 11) is -2.51. The largest absolute Gasteiger partial charge is 0.343 e. The molecule has 302 valence electrons. The van der Waals surface area contributed by atoms with Crippen LogP contribution in [0.3, 0.4) is 0 Å². The summed E-state index contributed by atoms with van der Waals surface area (Å²) < 4.78 is 5.33. The van der Waals surface area contributed by atoms with E-state index in [0.29, 0.717) is 11.8 Å². The van der Waals surface area contributed by atoms with Gasteiger partial charge in [-0.1, -0.05) is 182 Å². The van der Waals surface area contributed by atoms with Crippen molar-refractivity contribution in [2.24, 2.45) is 11.8 Å². The number of allylic oxidation sites excluding steroid dienone is 10. The molecule has 5 aliphatic carbocycles. The van der Waals surface area contributed by atoms with Crippen molar-refractivity contribution in [3.63, 3.8) is 0 Å². The molecule has 2 heterocycles. The van der Waals surface area contributed by atoms with Crippen LogP contribution in [0.5, 0.6) is 0 Å². The van der Waals surface area contributed by atoms with E-state index >= 15 is 0 Å². The summed E-state index contributed by atoms with van der Waals surface area (Å²) in [6.07, 6.45) is 21.0. The fourth-order valence-corrected chi connectivity index (χ4v) is 18.5. The van der Waals surface area contributed by atoms with Gasteiger partial charge in [-0.25, -0.2) is 0 Å². The SMILES string of the molecule is CC1Cc2c(c3ccccc3n2CC2C3=C[C@]32[Si](C2=C=CC=C2)(c2ccccc2)c2ccccc2)C=C1c1ccc2c(c1)c1ccccc1n2C1(C)C=C(c2ccccc2)C=CC1. The molecule has 2 aromatic heterocycles. The van der Waals surface area contributed by atoms with Crippen molar-refractivity contribution in [3.8, 4) is 0 Å². The zero-order valence-corrected chi connectivity index (χ0v) is 36.8. The number of fused-ring (bicyclic) bond motifs is 7. The summed E-state index contributed by atoms with van der Waals surface area (Å²) in [5.41, 5.74) is 17.4. The molecule has 0 amide bonds. The number of hydrogen-bond acceptors (Lipinski definition) is 0. The van der Waals surface area contributed by atoms with Gasteiger partial charge in [0.25, 0.3) is 0 Å². The molecule has 3 heteroatoms. The Morgan fingerprint density at radius 3 is 2.05 bits per heavy atom. The zero-order chi connectivity index (χ0) is 41.9. The van der Waals surface area contributed by atoms with E-state index in [1.807, 2.05) is 0 Å². The Labute approximate surface area is 370 Å². The van der Waals surface area contributed by atoms with Gasteiger partial charge in [0, 0.05) is 61.5 Å². The maximum absolute atomic E-state index is 3.79. The Balaban J connectivity index is 0.906. The maximum Gasteiger partial charge on any atom is 0.172 e. The predicted octanol–water partition coefficient (Wildman–Crippen LogP) is 13.0. The molecule has 0 radical (unpaired) electrons. The molecule has 63 heavy (non-hydrogen) atoms. The Hall–Kier alpha value is -6.90. The maximum atomic E-state index is 3.79. The first kappa shape index (κ1) is 36.7. The summed E-state index contributed by atoms with van der Waals surface area (Å²) in [6.45, 7) is 5.85. The highest BCUT2D eigenvalue weighted by molar-refractivity contribution is 7.12. The summed E-state index contributed by atoms with van der Waals surface area (Å²) in [6, 6.07) is 59.2. The molecular formula is C60H48N2Si. The molecule has 5 aliphatic rings. The lowest BCUT2D eigenvalue weighted by atomic mass is 9.83. The van der Waals surface area contributed by atoms with Crippen molar-refractivity contribution in [1.82, 2.24) is 9.13 Å². The predicted molar refractivity (Wildman–Crippen MR) is 267 cm³/mol. The summed E-state index contributed by atoms with van der Waals surface area (Å²) in [4.78, 5) is 0. The van der Waals surface area contributed by atoms with Gasteiger partial charge in [0.1, 0.15) is 0 Å². The Morgan fingerprint density at radius 1 is 0.667 bits per heavy atom. The smallest absolute Gasteiger partial charge is 0.172 e. The van der Waals surface area contributed by atoms with E-state index < -0.39 is 8.07 Å². The number of aromatic nitrogens is 2. The van der Waals surface area contributed by atoms with Crippen molar-refractivity contribution in [2.45, 2.75) is 43.8 Å². The number of benzene rings is 6. The normalized spacial score (nSPS) is 23.1. The highest BCUT2D eigenvalue weighted by Gasteiger charge is 2.80. The standard InChI is InChI=1S/C60H48N2Si/c1-41-35-58-52(37-50(41)43-32-33-57-51(36-43)49-29-15-17-31-56(49)62(57)59(2)34-18-21-44(38-59)42-19-6-3-7-20-42)48-28-14-16-30-55(48)61(58)40-54-53-39-60(53,54)63(47-26-12-13-27-47,45-22-8-4-9-23-45)46-24-10-5-11-25-46/h3-26,28-33,36-39,41,54H,34-35,40H2,1-2H3/t41?,54?,59?,60-/m0/s1. The minimum atomic E-state index is -2.51. The lowest BCUT2D eigenvalue weighted by Gasteiger charge is -2.37. The molecule has 0 bridgehead atoms. The third-order valence-corrected chi connectivity index (χ3v) is 20.9. The van der Waals surface area contributed by atoms with Crippen LogP contribution >= 0.6 is 0 Å². The molecule has 1 fully saturated rings. The molecule has 0 N–H and O–H groups in total. The zero-order valence-electron chi connectivity index (χ0n) is 35.8. The van der Waals surface area contributed by atoms with Crippen LogP contribution in [0.25, 0.3) is 49.9 Å². The number of rotatable bonds is 9. The number of hydrogen-bond donors (Lipinski definition) is 0. The first-order chi connectivity index (χ1) is 31.0. The first-order valence-electron chi connectivity index (χ1n) is 22.8. The van der Waals surface area contributed by atoms with Gasteiger partial charge in [-0.15, -0.1) is 5.73 Å². The van der Waals surface area contributed by atoms with Crippen LogP contribution < -0.4 is 10.4 Å². The molecule has 1 saturated carbocycles. The van der Waals surface area contributed by atoms with E-state index in [4.69, 9.17) is 0 Å². The second-order valence-electron chi connectivity index (χ2n) is 18.8.